The number of methoxy groups -OCH3 is 1. The number of esters is 1. The zero-order valence-electron chi connectivity index (χ0n) is 15.6. The van der Waals surface area contributed by atoms with E-state index in [1.165, 1.54) is 24.9 Å². The molecule has 7 nitrogen and oxygen atoms in total. The van der Waals surface area contributed by atoms with Crippen LogP contribution < -0.4 is 10.1 Å². The number of anilines is 1. The lowest BCUT2D eigenvalue weighted by Crippen LogP contribution is -2.30. The molecule has 1 heterocycles. The number of aromatic nitrogens is 2. The van der Waals surface area contributed by atoms with Crippen molar-refractivity contribution in [2.24, 2.45) is 0 Å². The minimum Gasteiger partial charge on any atom is -0.493 e. The molecular weight excluding hydrogens is 384 g/mol. The van der Waals surface area contributed by atoms with Crippen molar-refractivity contribution in [3.05, 3.63) is 72.1 Å². The summed E-state index contributed by atoms with van der Waals surface area (Å²) in [6, 6.07) is 11.7. The molecule has 0 saturated carbocycles. The standard InChI is InChI=1S/C20H17F2N3O4/c1-12(19(26)23-16-9-8-13(21)10-15(16)22)29-20(27)18-17(28-2)11-25(24-18)14-6-4-3-5-7-14/h3-12H,1-2H3,(H,23,26)/t12-/m1/s1. The Balaban J connectivity index is 1.72. The minimum absolute atomic E-state index is 0.121. The Morgan fingerprint density at radius 1 is 1.14 bits per heavy atom. The van der Waals surface area contributed by atoms with Crippen LogP contribution in [0.2, 0.25) is 0 Å². The van der Waals surface area contributed by atoms with E-state index in [0.717, 1.165) is 12.1 Å². The van der Waals surface area contributed by atoms with Crippen molar-refractivity contribution in [2.75, 3.05) is 12.4 Å². The summed E-state index contributed by atoms with van der Waals surface area (Å²) in [4.78, 5) is 24.7. The maximum atomic E-state index is 13.7. The first kappa shape index (κ1) is 20.0. The zero-order valence-corrected chi connectivity index (χ0v) is 15.6. The first-order valence-corrected chi connectivity index (χ1v) is 8.55. The van der Waals surface area contributed by atoms with Crippen molar-refractivity contribution in [1.82, 2.24) is 9.78 Å². The Kier molecular flexibility index (Phi) is 5.87. The van der Waals surface area contributed by atoms with Crippen LogP contribution in [-0.2, 0) is 9.53 Å². The highest BCUT2D eigenvalue weighted by Crippen LogP contribution is 2.21. The SMILES string of the molecule is COc1cn(-c2ccccc2)nc1C(=O)O[C@H](C)C(=O)Nc1ccc(F)cc1F. The van der Waals surface area contributed by atoms with Gasteiger partial charge in [0.25, 0.3) is 5.91 Å². The van der Waals surface area contributed by atoms with Gasteiger partial charge < -0.3 is 14.8 Å². The number of ether oxygens (including phenoxy) is 2. The predicted octanol–water partition coefficient (Wildman–Crippen LogP) is 3.34. The lowest BCUT2D eigenvalue weighted by Gasteiger charge is -2.13. The normalized spacial score (nSPS) is 11.6. The van der Waals surface area contributed by atoms with Gasteiger partial charge in [0.15, 0.2) is 11.9 Å². The van der Waals surface area contributed by atoms with Gasteiger partial charge in [-0.2, -0.15) is 5.10 Å². The van der Waals surface area contributed by atoms with Crippen LogP contribution in [0.3, 0.4) is 0 Å². The predicted molar refractivity (Wildman–Crippen MR) is 100.0 cm³/mol. The molecule has 9 heteroatoms. The molecule has 29 heavy (non-hydrogen) atoms. The van der Waals surface area contributed by atoms with E-state index >= 15 is 0 Å². The van der Waals surface area contributed by atoms with Crippen LogP contribution in [0.15, 0.2) is 54.7 Å². The Morgan fingerprint density at radius 2 is 1.86 bits per heavy atom. The Hall–Kier alpha value is -3.75. The van der Waals surface area contributed by atoms with Crippen molar-refractivity contribution in [2.45, 2.75) is 13.0 Å². The van der Waals surface area contributed by atoms with Gasteiger partial charge in [-0.1, -0.05) is 18.2 Å². The number of halogens is 2. The highest BCUT2D eigenvalue weighted by atomic mass is 19.1. The highest BCUT2D eigenvalue weighted by Gasteiger charge is 2.25. The van der Waals surface area contributed by atoms with Crippen molar-refractivity contribution in [3.8, 4) is 11.4 Å². The van der Waals surface area contributed by atoms with Crippen LogP contribution in [0.4, 0.5) is 14.5 Å². The molecule has 0 spiro atoms. The molecule has 150 valence electrons. The average Bonchev–Trinajstić information content (AvgIpc) is 3.15. The molecule has 0 saturated heterocycles. The number of para-hydroxylation sites is 1. The van der Waals surface area contributed by atoms with Crippen molar-refractivity contribution in [1.29, 1.82) is 0 Å². The number of hydrogen-bond donors (Lipinski definition) is 1. The van der Waals surface area contributed by atoms with Crippen LogP contribution in [0.5, 0.6) is 5.75 Å². The molecule has 1 amide bonds. The lowest BCUT2D eigenvalue weighted by atomic mass is 10.2. The Morgan fingerprint density at radius 3 is 2.52 bits per heavy atom. The molecule has 3 aromatic rings. The van der Waals surface area contributed by atoms with Crippen molar-refractivity contribution in [3.63, 3.8) is 0 Å². The molecule has 0 unspecified atom stereocenters. The number of hydrogen-bond acceptors (Lipinski definition) is 5. The molecule has 3 rings (SSSR count). The summed E-state index contributed by atoms with van der Waals surface area (Å²) in [7, 11) is 1.37. The van der Waals surface area contributed by atoms with Gasteiger partial charge in [-0.3, -0.25) is 4.79 Å². The summed E-state index contributed by atoms with van der Waals surface area (Å²) in [5, 5.41) is 6.39. The van der Waals surface area contributed by atoms with Gasteiger partial charge in [0.1, 0.15) is 11.6 Å². The van der Waals surface area contributed by atoms with E-state index < -0.39 is 29.6 Å². The molecular formula is C20H17F2N3O4. The van der Waals surface area contributed by atoms with Crippen molar-refractivity contribution < 1.29 is 27.8 Å². The van der Waals surface area contributed by atoms with Gasteiger partial charge in [-0.05, 0) is 31.2 Å². The molecule has 0 aliphatic carbocycles. The summed E-state index contributed by atoms with van der Waals surface area (Å²) < 4.78 is 38.4. The number of carbonyl (C=O) groups is 2. The fourth-order valence-electron chi connectivity index (χ4n) is 2.46. The molecule has 0 radical (unpaired) electrons. The van der Waals surface area contributed by atoms with Gasteiger partial charge >= 0.3 is 5.97 Å². The third-order valence-electron chi connectivity index (χ3n) is 3.96. The summed E-state index contributed by atoms with van der Waals surface area (Å²) in [5.41, 5.74) is 0.344. The molecule has 1 aromatic heterocycles. The van der Waals surface area contributed by atoms with Crippen LogP contribution in [0.25, 0.3) is 5.69 Å². The second kappa shape index (κ2) is 8.51. The largest absolute Gasteiger partial charge is 0.493 e. The molecule has 0 fully saturated rings. The number of carbonyl (C=O) groups excluding carboxylic acids is 2. The van der Waals surface area contributed by atoms with E-state index in [1.807, 2.05) is 18.2 Å². The maximum absolute atomic E-state index is 13.7. The summed E-state index contributed by atoms with van der Waals surface area (Å²) in [6.45, 7) is 1.31. The monoisotopic (exact) mass is 401 g/mol. The van der Waals surface area contributed by atoms with Crippen LogP contribution in [-0.4, -0.2) is 34.9 Å². The smallest absolute Gasteiger partial charge is 0.363 e. The first-order chi connectivity index (χ1) is 13.9. The second-order valence-electron chi connectivity index (χ2n) is 5.99. The molecule has 1 atom stereocenters. The maximum Gasteiger partial charge on any atom is 0.363 e. The minimum atomic E-state index is -1.27. The molecule has 2 aromatic carbocycles. The molecule has 0 aliphatic heterocycles. The average molecular weight is 401 g/mol. The van der Waals surface area contributed by atoms with Crippen molar-refractivity contribution >= 4 is 17.6 Å². The summed E-state index contributed by atoms with van der Waals surface area (Å²) in [6.07, 6.45) is 0.239. The fraction of sp³-hybridized carbons (Fsp3) is 0.150. The third-order valence-corrected chi connectivity index (χ3v) is 3.96. The summed E-state index contributed by atoms with van der Waals surface area (Å²) in [5.74, 6) is -3.23. The van der Waals surface area contributed by atoms with E-state index in [9.17, 15) is 18.4 Å². The van der Waals surface area contributed by atoms with Gasteiger partial charge in [0, 0.05) is 6.07 Å². The summed E-state index contributed by atoms with van der Waals surface area (Å²) >= 11 is 0. The van der Waals surface area contributed by atoms with Gasteiger partial charge in [-0.15, -0.1) is 0 Å². The fourth-order valence-corrected chi connectivity index (χ4v) is 2.46. The van der Waals surface area contributed by atoms with Gasteiger partial charge in [0.2, 0.25) is 5.69 Å². The number of nitrogens with one attached hydrogen (secondary N) is 1. The Labute approximate surface area is 164 Å². The number of amides is 1. The van der Waals surface area contributed by atoms with E-state index in [0.29, 0.717) is 11.8 Å². The molecule has 0 aliphatic rings. The van der Waals surface area contributed by atoms with Crippen LogP contribution in [0, 0.1) is 11.6 Å². The topological polar surface area (TPSA) is 82.5 Å². The van der Waals surface area contributed by atoms with Crippen LogP contribution in [0.1, 0.15) is 17.4 Å². The number of rotatable bonds is 6. The first-order valence-electron chi connectivity index (χ1n) is 8.55. The number of nitrogens with zero attached hydrogens (tertiary/aromatic N) is 2. The zero-order chi connectivity index (χ0) is 21.0. The van der Waals surface area contributed by atoms with E-state index in [1.54, 1.807) is 12.1 Å². The third kappa shape index (κ3) is 4.57. The molecule has 1 N–H and O–H groups in total. The number of benzene rings is 2. The second-order valence-corrected chi connectivity index (χ2v) is 5.99. The van der Waals surface area contributed by atoms with Gasteiger partial charge in [-0.25, -0.2) is 18.3 Å². The highest BCUT2D eigenvalue weighted by molar-refractivity contribution is 5.97. The van der Waals surface area contributed by atoms with E-state index in [2.05, 4.69) is 10.4 Å². The van der Waals surface area contributed by atoms with Gasteiger partial charge in [0.05, 0.1) is 24.7 Å². The quantitative estimate of drug-likeness (QED) is 0.641. The molecule has 0 bridgehead atoms. The van der Waals surface area contributed by atoms with Crippen LogP contribution >= 0.6 is 0 Å². The Bertz CT molecular complexity index is 1040. The lowest BCUT2D eigenvalue weighted by molar-refractivity contribution is -0.123. The van der Waals surface area contributed by atoms with E-state index in [-0.39, 0.29) is 17.1 Å². The van der Waals surface area contributed by atoms with E-state index in [4.69, 9.17) is 9.47 Å².